The van der Waals surface area contributed by atoms with Gasteiger partial charge in [-0.2, -0.15) is 0 Å². The molecule has 1 aromatic carbocycles. The van der Waals surface area contributed by atoms with Crippen molar-refractivity contribution >= 4 is 6.09 Å². The van der Waals surface area contributed by atoms with E-state index in [1.807, 2.05) is 37.3 Å². The molecule has 2 atom stereocenters. The minimum atomic E-state index is -1.27. The van der Waals surface area contributed by atoms with Gasteiger partial charge in [-0.05, 0) is 39.2 Å². The molecule has 1 aliphatic rings. The number of cyclic esters (lactones) is 1. The van der Waals surface area contributed by atoms with E-state index in [1.165, 1.54) is 10.5 Å². The van der Waals surface area contributed by atoms with Crippen LogP contribution in [-0.2, 0) is 11.2 Å². The van der Waals surface area contributed by atoms with E-state index in [0.717, 1.165) is 6.42 Å². The van der Waals surface area contributed by atoms with Crippen molar-refractivity contribution in [2.75, 3.05) is 6.54 Å². The third kappa shape index (κ3) is 2.32. The molecule has 1 amide bonds. The van der Waals surface area contributed by atoms with Gasteiger partial charge in [0.1, 0.15) is 0 Å². The van der Waals surface area contributed by atoms with Crippen LogP contribution in [0.2, 0.25) is 0 Å². The highest BCUT2D eigenvalue weighted by molar-refractivity contribution is 5.72. The average molecular weight is 263 g/mol. The molecule has 19 heavy (non-hydrogen) atoms. The van der Waals surface area contributed by atoms with Gasteiger partial charge in [-0.25, -0.2) is 4.79 Å². The summed E-state index contributed by atoms with van der Waals surface area (Å²) >= 11 is 0. The molecule has 0 saturated carbocycles. The van der Waals surface area contributed by atoms with Crippen LogP contribution in [0.25, 0.3) is 0 Å². The number of likely N-dealkylation sites (N-methyl/N-ethyl adjacent to an activating group) is 1. The Kier molecular flexibility index (Phi) is 3.54. The average Bonchev–Trinajstić information content (AvgIpc) is 2.54. The lowest BCUT2D eigenvalue weighted by Crippen LogP contribution is -2.55. The number of carbonyl (C=O) groups excluding carboxylic acids is 1. The highest BCUT2D eigenvalue weighted by Crippen LogP contribution is 2.40. The first-order valence-electron chi connectivity index (χ1n) is 6.67. The number of amides is 1. The number of hydrogen-bond acceptors (Lipinski definition) is 3. The van der Waals surface area contributed by atoms with E-state index in [4.69, 9.17) is 4.74 Å². The van der Waals surface area contributed by atoms with E-state index in [9.17, 15) is 9.90 Å². The second kappa shape index (κ2) is 4.85. The van der Waals surface area contributed by atoms with Crippen molar-refractivity contribution in [1.82, 2.24) is 4.90 Å². The van der Waals surface area contributed by atoms with Gasteiger partial charge in [-0.15, -0.1) is 0 Å². The normalized spacial score (nSPS) is 30.5. The van der Waals surface area contributed by atoms with Crippen LogP contribution in [-0.4, -0.2) is 34.0 Å². The monoisotopic (exact) mass is 263 g/mol. The third-order valence-electron chi connectivity index (χ3n) is 4.11. The Morgan fingerprint density at radius 1 is 1.26 bits per heavy atom. The molecule has 1 aliphatic heterocycles. The summed E-state index contributed by atoms with van der Waals surface area (Å²) in [6.07, 6.45) is 0.910. The van der Waals surface area contributed by atoms with Crippen LogP contribution in [0, 0.1) is 0 Å². The zero-order valence-corrected chi connectivity index (χ0v) is 11.7. The fourth-order valence-electron chi connectivity index (χ4n) is 2.56. The number of nitrogens with zero attached hydrogens (tertiary/aromatic N) is 1. The van der Waals surface area contributed by atoms with Crippen molar-refractivity contribution in [2.45, 2.75) is 44.9 Å². The number of aryl methyl sites for hydroxylation is 1. The van der Waals surface area contributed by atoms with Gasteiger partial charge in [0.15, 0.2) is 11.3 Å². The van der Waals surface area contributed by atoms with E-state index in [-0.39, 0.29) is 0 Å². The van der Waals surface area contributed by atoms with Crippen LogP contribution in [0.4, 0.5) is 4.79 Å². The molecule has 1 saturated heterocycles. The molecular formula is C15H21NO3. The highest BCUT2D eigenvalue weighted by atomic mass is 16.6. The van der Waals surface area contributed by atoms with Gasteiger partial charge in [-0.1, -0.05) is 30.3 Å². The molecule has 4 nitrogen and oxygen atoms in total. The maximum absolute atomic E-state index is 11.8. The number of rotatable bonds is 4. The van der Waals surface area contributed by atoms with Crippen LogP contribution in [0.3, 0.4) is 0 Å². The Morgan fingerprint density at radius 3 is 2.42 bits per heavy atom. The van der Waals surface area contributed by atoms with Crippen molar-refractivity contribution < 1.29 is 14.6 Å². The minimum Gasteiger partial charge on any atom is -0.438 e. The molecule has 1 heterocycles. The third-order valence-corrected chi connectivity index (χ3v) is 4.11. The molecule has 1 N–H and O–H groups in total. The van der Waals surface area contributed by atoms with Gasteiger partial charge < -0.3 is 9.84 Å². The Bertz CT molecular complexity index is 458. The lowest BCUT2D eigenvalue weighted by molar-refractivity contribution is -0.138. The summed E-state index contributed by atoms with van der Waals surface area (Å²) in [5, 5.41) is 10.6. The second-order valence-corrected chi connectivity index (χ2v) is 5.35. The zero-order valence-electron chi connectivity index (χ0n) is 11.7. The van der Waals surface area contributed by atoms with Crippen molar-refractivity contribution in [3.8, 4) is 0 Å². The summed E-state index contributed by atoms with van der Waals surface area (Å²) in [7, 11) is 0. The number of carbonyl (C=O) groups is 1. The molecule has 1 aromatic rings. The SMILES string of the molecule is CCN1C(=O)O[C@@](C)(CCc2ccccc2)[C@@]1(C)O. The summed E-state index contributed by atoms with van der Waals surface area (Å²) < 4.78 is 5.43. The van der Waals surface area contributed by atoms with Crippen LogP contribution in [0.5, 0.6) is 0 Å². The predicted molar refractivity (Wildman–Crippen MR) is 72.7 cm³/mol. The lowest BCUT2D eigenvalue weighted by Gasteiger charge is -2.37. The first-order chi connectivity index (χ1) is 8.90. The van der Waals surface area contributed by atoms with E-state index in [1.54, 1.807) is 13.8 Å². The van der Waals surface area contributed by atoms with Gasteiger partial charge in [0.05, 0.1) is 0 Å². The molecule has 1 fully saturated rings. The molecule has 2 rings (SSSR count). The van der Waals surface area contributed by atoms with Crippen molar-refractivity contribution in [3.05, 3.63) is 35.9 Å². The summed E-state index contributed by atoms with van der Waals surface area (Å²) in [4.78, 5) is 13.2. The van der Waals surface area contributed by atoms with E-state index < -0.39 is 17.4 Å². The highest BCUT2D eigenvalue weighted by Gasteiger charge is 2.58. The number of ether oxygens (including phenoxy) is 1. The fourth-order valence-corrected chi connectivity index (χ4v) is 2.56. The standard InChI is InChI=1S/C15H21NO3/c1-4-16-13(17)19-14(2,15(16,3)18)11-10-12-8-6-5-7-9-12/h5-9,18H,4,10-11H2,1-3H3/t14-,15+/m0/s1. The van der Waals surface area contributed by atoms with Crippen molar-refractivity contribution in [2.24, 2.45) is 0 Å². The summed E-state index contributed by atoms with van der Waals surface area (Å²) in [6, 6.07) is 10.00. The maximum atomic E-state index is 11.8. The number of benzene rings is 1. The smallest absolute Gasteiger partial charge is 0.412 e. The van der Waals surface area contributed by atoms with Crippen molar-refractivity contribution in [1.29, 1.82) is 0 Å². The zero-order chi connectivity index (χ0) is 14.1. The largest absolute Gasteiger partial charge is 0.438 e. The minimum absolute atomic E-state index is 0.437. The quantitative estimate of drug-likeness (QED) is 0.908. The van der Waals surface area contributed by atoms with Gasteiger partial charge in [0, 0.05) is 6.54 Å². The van der Waals surface area contributed by atoms with E-state index in [0.29, 0.717) is 13.0 Å². The van der Waals surface area contributed by atoms with E-state index in [2.05, 4.69) is 0 Å². The van der Waals surface area contributed by atoms with Crippen LogP contribution < -0.4 is 0 Å². The Hall–Kier alpha value is -1.55. The topological polar surface area (TPSA) is 49.8 Å². The van der Waals surface area contributed by atoms with E-state index >= 15 is 0 Å². The summed E-state index contributed by atoms with van der Waals surface area (Å²) in [5.74, 6) is 0. The Balaban J connectivity index is 2.13. The number of aliphatic hydroxyl groups is 1. The lowest BCUT2D eigenvalue weighted by atomic mass is 9.87. The molecule has 104 valence electrons. The second-order valence-electron chi connectivity index (χ2n) is 5.35. The molecule has 0 spiro atoms. The molecule has 0 bridgehead atoms. The predicted octanol–water partition coefficient (Wildman–Crippen LogP) is 2.56. The fraction of sp³-hybridized carbons (Fsp3) is 0.533. The Morgan fingerprint density at radius 2 is 1.89 bits per heavy atom. The molecule has 0 aliphatic carbocycles. The van der Waals surface area contributed by atoms with Crippen LogP contribution in [0.15, 0.2) is 30.3 Å². The molecule has 4 heteroatoms. The maximum Gasteiger partial charge on any atom is 0.412 e. The summed E-state index contributed by atoms with van der Waals surface area (Å²) in [5.41, 5.74) is -0.977. The van der Waals surface area contributed by atoms with Gasteiger partial charge in [0.2, 0.25) is 0 Å². The van der Waals surface area contributed by atoms with Gasteiger partial charge >= 0.3 is 6.09 Å². The van der Waals surface area contributed by atoms with Crippen LogP contribution >= 0.6 is 0 Å². The molecule has 0 radical (unpaired) electrons. The van der Waals surface area contributed by atoms with Gasteiger partial charge in [-0.3, -0.25) is 4.90 Å². The van der Waals surface area contributed by atoms with Crippen molar-refractivity contribution in [3.63, 3.8) is 0 Å². The first-order valence-corrected chi connectivity index (χ1v) is 6.67. The molecule has 0 unspecified atom stereocenters. The van der Waals surface area contributed by atoms with Crippen LogP contribution in [0.1, 0.15) is 32.8 Å². The Labute approximate surface area is 114 Å². The summed E-state index contributed by atoms with van der Waals surface area (Å²) in [6.45, 7) is 5.71. The van der Waals surface area contributed by atoms with Gasteiger partial charge in [0.25, 0.3) is 0 Å². The first kappa shape index (κ1) is 13.9. The number of hydrogen-bond donors (Lipinski definition) is 1. The molecule has 0 aromatic heterocycles. The molecular weight excluding hydrogens is 242 g/mol.